The van der Waals surface area contributed by atoms with Crippen molar-refractivity contribution in [3.05, 3.63) is 65.5 Å². The second-order valence-electron chi connectivity index (χ2n) is 6.32. The van der Waals surface area contributed by atoms with E-state index in [0.29, 0.717) is 0 Å². The molecule has 3 heterocycles. The molecule has 1 unspecified atom stereocenters. The Morgan fingerprint density at radius 1 is 1.00 bits per heavy atom. The van der Waals surface area contributed by atoms with Crippen LogP contribution in [0.5, 0.6) is 0 Å². The number of nitrogens with zero attached hydrogens (tertiary/aromatic N) is 3. The fourth-order valence-electron chi connectivity index (χ4n) is 3.32. The third-order valence-corrected chi connectivity index (χ3v) is 5.67. The molecule has 1 aliphatic heterocycles. The van der Waals surface area contributed by atoms with Crippen molar-refractivity contribution in [1.82, 2.24) is 19.9 Å². The first-order chi connectivity index (χ1) is 12.2. The van der Waals surface area contributed by atoms with Crippen molar-refractivity contribution >= 4 is 22.7 Å². The van der Waals surface area contributed by atoms with Crippen molar-refractivity contribution in [2.45, 2.75) is 24.4 Å². The van der Waals surface area contributed by atoms with E-state index in [0.717, 1.165) is 22.2 Å². The number of para-hydroxylation sites is 1. The van der Waals surface area contributed by atoms with Crippen LogP contribution in [0.2, 0.25) is 0 Å². The van der Waals surface area contributed by atoms with Crippen LogP contribution >= 0.6 is 11.8 Å². The Morgan fingerprint density at radius 2 is 1.80 bits per heavy atom. The van der Waals surface area contributed by atoms with Crippen molar-refractivity contribution in [3.63, 3.8) is 0 Å². The normalized spacial score (nSPS) is 16.2. The molecule has 1 aliphatic rings. The van der Waals surface area contributed by atoms with Crippen LogP contribution in [0.25, 0.3) is 22.2 Å². The predicted octanol–water partition coefficient (Wildman–Crippen LogP) is 4.39. The molecule has 0 bridgehead atoms. The number of fused-ring (bicyclic) bond motifs is 2. The molecule has 2 aromatic heterocycles. The minimum atomic E-state index is 0.0941. The lowest BCUT2D eigenvalue weighted by Gasteiger charge is -2.13. The van der Waals surface area contributed by atoms with Crippen molar-refractivity contribution < 1.29 is 0 Å². The number of aromatic nitrogens is 4. The zero-order chi connectivity index (χ0) is 17.0. The first-order valence-electron chi connectivity index (χ1n) is 8.23. The first-order valence-corrected chi connectivity index (χ1v) is 9.11. The molecular formula is C19H17N5S. The Balaban J connectivity index is 1.69. The summed E-state index contributed by atoms with van der Waals surface area (Å²) in [6.45, 7) is 4.07. The molecule has 5 nitrogen and oxygen atoms in total. The molecule has 0 aliphatic carbocycles. The van der Waals surface area contributed by atoms with Crippen LogP contribution in [-0.4, -0.2) is 19.9 Å². The average molecular weight is 347 g/mol. The number of benzene rings is 2. The Hall–Kier alpha value is -2.73. The van der Waals surface area contributed by atoms with E-state index in [4.69, 9.17) is 0 Å². The molecule has 4 aromatic rings. The number of aromatic amines is 1. The van der Waals surface area contributed by atoms with E-state index < -0.39 is 0 Å². The maximum absolute atomic E-state index is 4.25. The molecular weight excluding hydrogens is 330 g/mol. The summed E-state index contributed by atoms with van der Waals surface area (Å²) in [4.78, 5) is 3.61. The number of rotatable bonds is 2. The molecule has 0 radical (unpaired) electrons. The molecule has 6 heteroatoms. The van der Waals surface area contributed by atoms with E-state index >= 15 is 0 Å². The number of hydrogen-bond acceptors (Lipinski definition) is 4. The van der Waals surface area contributed by atoms with E-state index in [2.05, 4.69) is 76.1 Å². The highest BCUT2D eigenvalue weighted by atomic mass is 32.2. The Kier molecular flexibility index (Phi) is 3.15. The number of aryl methyl sites for hydroxylation is 2. The summed E-state index contributed by atoms with van der Waals surface area (Å²) in [6, 6.07) is 17.1. The highest BCUT2D eigenvalue weighted by molar-refractivity contribution is 7.99. The molecule has 1 atom stereocenters. The van der Waals surface area contributed by atoms with Gasteiger partial charge in [-0.15, -0.1) is 10.2 Å². The fraction of sp³-hybridized carbons (Fsp3) is 0.158. The van der Waals surface area contributed by atoms with E-state index in [-0.39, 0.29) is 5.37 Å². The molecule has 0 saturated carbocycles. The van der Waals surface area contributed by atoms with E-state index in [1.807, 2.05) is 11.6 Å². The lowest BCUT2D eigenvalue weighted by molar-refractivity contribution is 0.765. The summed E-state index contributed by atoms with van der Waals surface area (Å²) in [5, 5.41) is 10.6. The van der Waals surface area contributed by atoms with Gasteiger partial charge < -0.3 is 10.4 Å². The van der Waals surface area contributed by atoms with Crippen LogP contribution in [0.4, 0.5) is 0 Å². The predicted molar refractivity (Wildman–Crippen MR) is 101 cm³/mol. The van der Waals surface area contributed by atoms with E-state index in [1.165, 1.54) is 22.1 Å². The number of nitrogens with one attached hydrogen (secondary N) is 2. The van der Waals surface area contributed by atoms with Crippen molar-refractivity contribution in [2.24, 2.45) is 0 Å². The van der Waals surface area contributed by atoms with Crippen molar-refractivity contribution in [3.8, 4) is 11.3 Å². The summed E-state index contributed by atoms with van der Waals surface area (Å²) < 4.78 is 1.97. The molecule has 0 spiro atoms. The SMILES string of the molecule is Cc1ccc(-c2[nH]c3ccccc3c2C2Nn3c(C)nnc3S2)cc1. The number of hydrogen-bond donors (Lipinski definition) is 2. The van der Waals surface area contributed by atoms with Gasteiger partial charge in [0.15, 0.2) is 0 Å². The van der Waals surface area contributed by atoms with E-state index in [1.54, 1.807) is 11.8 Å². The summed E-state index contributed by atoms with van der Waals surface area (Å²) in [6.07, 6.45) is 0. The quantitative estimate of drug-likeness (QED) is 0.564. The van der Waals surface area contributed by atoms with Crippen molar-refractivity contribution in [2.75, 3.05) is 5.43 Å². The highest BCUT2D eigenvalue weighted by Crippen LogP contribution is 2.45. The van der Waals surface area contributed by atoms with Gasteiger partial charge in [-0.3, -0.25) is 0 Å². The molecule has 0 amide bonds. The second-order valence-corrected chi connectivity index (χ2v) is 7.39. The minimum absolute atomic E-state index is 0.0941. The molecule has 2 aromatic carbocycles. The average Bonchev–Trinajstić information content (AvgIpc) is 3.29. The maximum atomic E-state index is 4.25. The van der Waals surface area contributed by atoms with Crippen LogP contribution in [0.1, 0.15) is 22.3 Å². The van der Waals surface area contributed by atoms with Crippen LogP contribution in [0.3, 0.4) is 0 Å². The number of H-pyrrole nitrogens is 1. The molecule has 0 saturated heterocycles. The zero-order valence-corrected chi connectivity index (χ0v) is 14.8. The van der Waals surface area contributed by atoms with Gasteiger partial charge in [-0.05, 0) is 25.5 Å². The third kappa shape index (κ3) is 2.25. The van der Waals surface area contributed by atoms with Gasteiger partial charge in [0.05, 0.1) is 5.69 Å². The van der Waals surface area contributed by atoms with Gasteiger partial charge in [-0.1, -0.05) is 59.8 Å². The van der Waals surface area contributed by atoms with Gasteiger partial charge in [0.25, 0.3) is 0 Å². The van der Waals surface area contributed by atoms with E-state index in [9.17, 15) is 0 Å². The topological polar surface area (TPSA) is 58.5 Å². The largest absolute Gasteiger partial charge is 0.354 e. The smallest absolute Gasteiger partial charge is 0.212 e. The Labute approximate surface area is 149 Å². The molecule has 0 fully saturated rings. The van der Waals surface area contributed by atoms with Crippen LogP contribution in [-0.2, 0) is 0 Å². The fourth-order valence-corrected chi connectivity index (χ4v) is 4.43. The molecule has 5 rings (SSSR count). The number of thioether (sulfide) groups is 1. The molecule has 25 heavy (non-hydrogen) atoms. The maximum Gasteiger partial charge on any atom is 0.212 e. The Morgan fingerprint density at radius 3 is 2.60 bits per heavy atom. The van der Waals surface area contributed by atoms with Crippen molar-refractivity contribution in [1.29, 1.82) is 0 Å². The van der Waals surface area contributed by atoms with Crippen LogP contribution in [0, 0.1) is 13.8 Å². The highest BCUT2D eigenvalue weighted by Gasteiger charge is 2.30. The summed E-state index contributed by atoms with van der Waals surface area (Å²) in [5.74, 6) is 0.877. The third-order valence-electron chi connectivity index (χ3n) is 4.61. The van der Waals surface area contributed by atoms with Crippen LogP contribution in [0.15, 0.2) is 53.7 Å². The Bertz CT molecular complexity index is 1080. The zero-order valence-electron chi connectivity index (χ0n) is 13.9. The summed E-state index contributed by atoms with van der Waals surface area (Å²) in [7, 11) is 0. The minimum Gasteiger partial charge on any atom is -0.354 e. The van der Waals surface area contributed by atoms with Gasteiger partial charge in [0, 0.05) is 16.5 Å². The van der Waals surface area contributed by atoms with Gasteiger partial charge in [0.2, 0.25) is 5.16 Å². The molecule has 124 valence electrons. The summed E-state index contributed by atoms with van der Waals surface area (Å²) >= 11 is 1.70. The van der Waals surface area contributed by atoms with Gasteiger partial charge in [-0.25, -0.2) is 4.68 Å². The second kappa shape index (κ2) is 5.39. The summed E-state index contributed by atoms with van der Waals surface area (Å²) in [5.41, 5.74) is 9.55. The van der Waals surface area contributed by atoms with Gasteiger partial charge in [0.1, 0.15) is 11.2 Å². The molecule has 2 N–H and O–H groups in total. The monoisotopic (exact) mass is 347 g/mol. The first kappa shape index (κ1) is 14.6. The van der Waals surface area contributed by atoms with Gasteiger partial charge in [-0.2, -0.15) is 0 Å². The standard InChI is InChI=1S/C19H17N5S/c1-11-7-9-13(10-8-11)17-16(14-5-3-4-6-15(14)20-17)18-23-24-12(2)21-22-19(24)25-18/h3-10,18,20,23H,1-2H3. The van der Waals surface area contributed by atoms with Gasteiger partial charge >= 0.3 is 0 Å². The lowest BCUT2D eigenvalue weighted by atomic mass is 10.0. The van der Waals surface area contributed by atoms with Crippen LogP contribution < -0.4 is 5.43 Å². The lowest BCUT2D eigenvalue weighted by Crippen LogP contribution is -2.14.